The van der Waals surface area contributed by atoms with E-state index in [1.54, 1.807) is 0 Å². The fourth-order valence-corrected chi connectivity index (χ4v) is 4.58. The van der Waals surface area contributed by atoms with Crippen molar-refractivity contribution in [1.29, 1.82) is 0 Å². The van der Waals surface area contributed by atoms with E-state index in [1.165, 1.54) is 25.8 Å². The Hall–Kier alpha value is -0.610. The van der Waals surface area contributed by atoms with Crippen molar-refractivity contribution in [3.63, 3.8) is 0 Å². The molecule has 2 heterocycles. The van der Waals surface area contributed by atoms with Crippen LogP contribution in [0.2, 0.25) is 0 Å². The third kappa shape index (κ3) is 2.98. The molecule has 2 aliphatic heterocycles. The highest BCUT2D eigenvalue weighted by molar-refractivity contribution is 5.83. The zero-order valence-electron chi connectivity index (χ0n) is 13.4. The Kier molecular flexibility index (Phi) is 4.55. The summed E-state index contributed by atoms with van der Waals surface area (Å²) < 4.78 is 0. The molecule has 0 aromatic carbocycles. The Morgan fingerprint density at radius 1 is 1.19 bits per heavy atom. The molecule has 3 fully saturated rings. The molecule has 1 aliphatic carbocycles. The molecule has 2 saturated heterocycles. The maximum Gasteiger partial charge on any atom is 0.227 e. The fraction of sp³-hybridized carbons (Fsp3) is 0.941. The molecule has 0 spiro atoms. The third-order valence-corrected chi connectivity index (χ3v) is 6.28. The monoisotopic (exact) mass is 293 g/mol. The van der Waals surface area contributed by atoms with Crippen molar-refractivity contribution >= 4 is 5.91 Å². The first-order chi connectivity index (χ1) is 10.1. The van der Waals surface area contributed by atoms with Crippen LogP contribution >= 0.6 is 0 Å². The molecule has 3 aliphatic rings. The van der Waals surface area contributed by atoms with Gasteiger partial charge in [-0.3, -0.25) is 9.69 Å². The van der Waals surface area contributed by atoms with Crippen molar-refractivity contribution < 1.29 is 4.79 Å². The molecule has 1 amide bonds. The van der Waals surface area contributed by atoms with Crippen LogP contribution < -0.4 is 11.1 Å². The van der Waals surface area contributed by atoms with Crippen molar-refractivity contribution in [3.05, 3.63) is 0 Å². The van der Waals surface area contributed by atoms with Crippen LogP contribution in [0.15, 0.2) is 0 Å². The number of hydrogen-bond acceptors (Lipinski definition) is 3. The molecular formula is C17H31N3O. The van der Waals surface area contributed by atoms with Crippen LogP contribution in [0.3, 0.4) is 0 Å². The van der Waals surface area contributed by atoms with Gasteiger partial charge in [-0.2, -0.15) is 0 Å². The highest BCUT2D eigenvalue weighted by Crippen LogP contribution is 2.39. The summed E-state index contributed by atoms with van der Waals surface area (Å²) in [5, 5.41) is 3.39. The third-order valence-electron chi connectivity index (χ3n) is 6.28. The first-order valence-electron chi connectivity index (χ1n) is 8.90. The summed E-state index contributed by atoms with van der Waals surface area (Å²) in [6.07, 6.45) is 9.23. The second-order valence-corrected chi connectivity index (χ2v) is 7.63. The second kappa shape index (κ2) is 6.25. The van der Waals surface area contributed by atoms with Gasteiger partial charge in [0.15, 0.2) is 0 Å². The van der Waals surface area contributed by atoms with Gasteiger partial charge in [0.1, 0.15) is 0 Å². The minimum absolute atomic E-state index is 0.245. The van der Waals surface area contributed by atoms with Gasteiger partial charge in [-0.25, -0.2) is 0 Å². The SMILES string of the molecule is CC1CCC(CN)(C(=O)NC2CCN3CCCCC23)CC1. The van der Waals surface area contributed by atoms with E-state index in [1.807, 2.05) is 0 Å². The maximum atomic E-state index is 12.9. The van der Waals surface area contributed by atoms with Gasteiger partial charge in [-0.15, -0.1) is 0 Å². The molecule has 2 atom stereocenters. The van der Waals surface area contributed by atoms with E-state index in [2.05, 4.69) is 17.1 Å². The number of nitrogens with one attached hydrogen (secondary N) is 1. The molecule has 4 nitrogen and oxygen atoms in total. The Bertz CT molecular complexity index is 376. The Balaban J connectivity index is 1.62. The van der Waals surface area contributed by atoms with Crippen LogP contribution in [0.1, 0.15) is 58.3 Å². The maximum absolute atomic E-state index is 12.9. The normalized spacial score (nSPS) is 40.8. The first kappa shape index (κ1) is 15.3. The summed E-state index contributed by atoms with van der Waals surface area (Å²) in [4.78, 5) is 15.5. The van der Waals surface area contributed by atoms with Gasteiger partial charge in [0.25, 0.3) is 0 Å². The number of carbonyl (C=O) groups excluding carboxylic acids is 1. The summed E-state index contributed by atoms with van der Waals surface area (Å²) in [6.45, 7) is 5.17. The summed E-state index contributed by atoms with van der Waals surface area (Å²) in [5.74, 6) is 0.993. The van der Waals surface area contributed by atoms with Gasteiger partial charge < -0.3 is 11.1 Å². The summed E-state index contributed by atoms with van der Waals surface area (Å²) in [5.41, 5.74) is 5.74. The van der Waals surface area contributed by atoms with Gasteiger partial charge in [-0.1, -0.05) is 13.3 Å². The quantitative estimate of drug-likeness (QED) is 0.835. The molecule has 4 heteroatoms. The lowest BCUT2D eigenvalue weighted by Gasteiger charge is -2.39. The van der Waals surface area contributed by atoms with E-state index in [0.29, 0.717) is 18.6 Å². The fourth-order valence-electron chi connectivity index (χ4n) is 4.58. The van der Waals surface area contributed by atoms with Crippen LogP contribution in [0.5, 0.6) is 0 Å². The Morgan fingerprint density at radius 2 is 1.95 bits per heavy atom. The van der Waals surface area contributed by atoms with Gasteiger partial charge in [0, 0.05) is 25.2 Å². The van der Waals surface area contributed by atoms with Gasteiger partial charge >= 0.3 is 0 Å². The van der Waals surface area contributed by atoms with Crippen molar-refractivity contribution in [2.24, 2.45) is 17.1 Å². The molecule has 0 aromatic rings. The molecule has 0 aromatic heterocycles. The lowest BCUT2D eigenvalue weighted by molar-refractivity contribution is -0.133. The molecule has 21 heavy (non-hydrogen) atoms. The van der Waals surface area contributed by atoms with Crippen LogP contribution in [0.25, 0.3) is 0 Å². The lowest BCUT2D eigenvalue weighted by Crippen LogP contribution is -2.54. The molecule has 3 N–H and O–H groups in total. The number of rotatable bonds is 3. The topological polar surface area (TPSA) is 58.4 Å². The summed E-state index contributed by atoms with van der Waals surface area (Å²) >= 11 is 0. The smallest absolute Gasteiger partial charge is 0.227 e. The average Bonchev–Trinajstić information content (AvgIpc) is 2.92. The first-order valence-corrected chi connectivity index (χ1v) is 8.90. The van der Waals surface area contributed by atoms with Crippen LogP contribution in [-0.4, -0.2) is 42.5 Å². The molecule has 2 unspecified atom stereocenters. The van der Waals surface area contributed by atoms with Crippen molar-refractivity contribution in [3.8, 4) is 0 Å². The number of nitrogens with two attached hydrogens (primary N) is 1. The molecule has 0 bridgehead atoms. The van der Waals surface area contributed by atoms with Gasteiger partial charge in [-0.05, 0) is 57.4 Å². The van der Waals surface area contributed by atoms with Crippen LogP contribution in [0, 0.1) is 11.3 Å². The minimum Gasteiger partial charge on any atom is -0.351 e. The number of piperidine rings is 1. The highest BCUT2D eigenvalue weighted by atomic mass is 16.2. The zero-order chi connectivity index (χ0) is 14.9. The van der Waals surface area contributed by atoms with Crippen molar-refractivity contribution in [2.75, 3.05) is 19.6 Å². The van der Waals surface area contributed by atoms with Gasteiger partial charge in [0.2, 0.25) is 5.91 Å². The molecular weight excluding hydrogens is 262 g/mol. The van der Waals surface area contributed by atoms with E-state index < -0.39 is 0 Å². The van der Waals surface area contributed by atoms with Crippen LogP contribution in [0.4, 0.5) is 0 Å². The Morgan fingerprint density at radius 3 is 2.67 bits per heavy atom. The second-order valence-electron chi connectivity index (χ2n) is 7.63. The molecule has 120 valence electrons. The number of amides is 1. The minimum atomic E-state index is -0.283. The number of hydrogen-bond donors (Lipinski definition) is 2. The summed E-state index contributed by atoms with van der Waals surface area (Å²) in [7, 11) is 0. The van der Waals surface area contributed by atoms with Gasteiger partial charge in [0.05, 0.1) is 5.41 Å². The zero-order valence-corrected chi connectivity index (χ0v) is 13.4. The van der Waals surface area contributed by atoms with E-state index in [0.717, 1.165) is 44.6 Å². The predicted molar refractivity (Wildman–Crippen MR) is 84.9 cm³/mol. The number of nitrogens with zero attached hydrogens (tertiary/aromatic N) is 1. The Labute approximate surface area is 128 Å². The van der Waals surface area contributed by atoms with Crippen molar-refractivity contribution in [1.82, 2.24) is 10.2 Å². The van der Waals surface area contributed by atoms with E-state index in [-0.39, 0.29) is 11.3 Å². The highest BCUT2D eigenvalue weighted by Gasteiger charge is 2.43. The van der Waals surface area contributed by atoms with E-state index in [9.17, 15) is 4.79 Å². The largest absolute Gasteiger partial charge is 0.351 e. The van der Waals surface area contributed by atoms with Crippen molar-refractivity contribution in [2.45, 2.75) is 70.4 Å². The summed E-state index contributed by atoms with van der Waals surface area (Å²) in [6, 6.07) is 0.945. The number of carbonyl (C=O) groups is 1. The van der Waals surface area contributed by atoms with Crippen LogP contribution in [-0.2, 0) is 4.79 Å². The van der Waals surface area contributed by atoms with E-state index >= 15 is 0 Å². The lowest BCUT2D eigenvalue weighted by atomic mass is 9.70. The average molecular weight is 293 g/mol. The standard InChI is InChI=1S/C17H31N3O/c1-13-5-8-17(12-18,9-6-13)16(21)19-14-7-11-20-10-3-2-4-15(14)20/h13-15H,2-12,18H2,1H3,(H,19,21). The number of fused-ring (bicyclic) bond motifs is 1. The molecule has 3 rings (SSSR count). The molecule has 1 saturated carbocycles. The van der Waals surface area contributed by atoms with E-state index in [4.69, 9.17) is 5.73 Å². The molecule has 0 radical (unpaired) electrons. The predicted octanol–water partition coefficient (Wildman–Crippen LogP) is 1.88.